The summed E-state index contributed by atoms with van der Waals surface area (Å²) in [6.45, 7) is 6.32. The van der Waals surface area contributed by atoms with Gasteiger partial charge in [-0.2, -0.15) is 10.2 Å². The first kappa shape index (κ1) is 20.7. The van der Waals surface area contributed by atoms with Crippen molar-refractivity contribution in [2.75, 3.05) is 18.4 Å². The molecule has 1 atom stereocenters. The fraction of sp³-hybridized carbons (Fsp3) is 0.304. The van der Waals surface area contributed by atoms with Gasteiger partial charge in [0, 0.05) is 30.0 Å². The number of nitrogens with one attached hydrogen (secondary N) is 2. The van der Waals surface area contributed by atoms with Crippen molar-refractivity contribution < 1.29 is 14.0 Å². The van der Waals surface area contributed by atoms with Crippen molar-refractivity contribution in [1.82, 2.24) is 20.1 Å². The Kier molecular flexibility index (Phi) is 5.54. The van der Waals surface area contributed by atoms with Crippen LogP contribution in [-0.2, 0) is 4.79 Å². The van der Waals surface area contributed by atoms with Crippen molar-refractivity contribution in [2.45, 2.75) is 27.2 Å². The van der Waals surface area contributed by atoms with Gasteiger partial charge in [0.05, 0.1) is 17.8 Å². The molecule has 1 unspecified atom stereocenters. The van der Waals surface area contributed by atoms with Crippen LogP contribution in [0.15, 0.2) is 36.5 Å². The van der Waals surface area contributed by atoms with Gasteiger partial charge >= 0.3 is 0 Å². The van der Waals surface area contributed by atoms with Crippen LogP contribution in [0, 0.1) is 32.5 Å². The number of rotatable bonds is 4. The second-order valence-corrected chi connectivity index (χ2v) is 7.96. The smallest absolute Gasteiger partial charge is 0.270 e. The van der Waals surface area contributed by atoms with Gasteiger partial charge in [0.2, 0.25) is 5.91 Å². The zero-order valence-electron chi connectivity index (χ0n) is 17.7. The van der Waals surface area contributed by atoms with Crippen LogP contribution >= 0.6 is 0 Å². The summed E-state index contributed by atoms with van der Waals surface area (Å²) in [6.07, 6.45) is 2.27. The van der Waals surface area contributed by atoms with E-state index in [2.05, 4.69) is 20.5 Å². The van der Waals surface area contributed by atoms with Crippen LogP contribution < -0.4 is 5.32 Å². The van der Waals surface area contributed by atoms with E-state index in [-0.39, 0.29) is 23.5 Å². The second kappa shape index (κ2) is 8.29. The molecule has 31 heavy (non-hydrogen) atoms. The highest BCUT2D eigenvalue weighted by atomic mass is 19.1. The Morgan fingerprint density at radius 1 is 1.16 bits per heavy atom. The van der Waals surface area contributed by atoms with Crippen LogP contribution in [-0.4, -0.2) is 45.0 Å². The highest BCUT2D eigenvalue weighted by molar-refractivity contribution is 5.96. The predicted octanol–water partition coefficient (Wildman–Crippen LogP) is 3.64. The van der Waals surface area contributed by atoms with Gasteiger partial charge in [-0.1, -0.05) is 0 Å². The van der Waals surface area contributed by atoms with E-state index in [4.69, 9.17) is 0 Å². The fourth-order valence-electron chi connectivity index (χ4n) is 3.97. The molecule has 1 fully saturated rings. The number of aromatic nitrogens is 3. The lowest BCUT2D eigenvalue weighted by Crippen LogP contribution is -2.31. The molecule has 7 nitrogen and oxygen atoms in total. The van der Waals surface area contributed by atoms with E-state index in [1.54, 1.807) is 30.2 Å². The van der Waals surface area contributed by atoms with Gasteiger partial charge in [-0.3, -0.25) is 9.59 Å². The third-order valence-corrected chi connectivity index (χ3v) is 5.67. The Balaban J connectivity index is 1.42. The zero-order chi connectivity index (χ0) is 22.1. The van der Waals surface area contributed by atoms with E-state index >= 15 is 0 Å². The Bertz CT molecular complexity index is 1140. The summed E-state index contributed by atoms with van der Waals surface area (Å²) in [6, 6.07) is 8.09. The molecule has 3 heterocycles. The summed E-state index contributed by atoms with van der Waals surface area (Å²) < 4.78 is 13.4. The molecule has 1 aromatic carbocycles. The van der Waals surface area contributed by atoms with Crippen LogP contribution in [0.1, 0.15) is 33.7 Å². The van der Waals surface area contributed by atoms with Crippen LogP contribution in [0.4, 0.5) is 10.1 Å². The molecule has 4 rings (SSSR count). The monoisotopic (exact) mass is 421 g/mol. The number of aromatic amines is 1. The number of aryl methyl sites for hydroxylation is 3. The van der Waals surface area contributed by atoms with Gasteiger partial charge in [-0.05, 0) is 68.7 Å². The van der Waals surface area contributed by atoms with Gasteiger partial charge in [0.25, 0.3) is 5.91 Å². The van der Waals surface area contributed by atoms with Gasteiger partial charge in [-0.25, -0.2) is 4.39 Å². The maximum atomic E-state index is 13.4. The highest BCUT2D eigenvalue weighted by Gasteiger charge is 2.32. The summed E-state index contributed by atoms with van der Waals surface area (Å²) >= 11 is 0. The largest absolute Gasteiger partial charge is 0.350 e. The Morgan fingerprint density at radius 3 is 2.71 bits per heavy atom. The number of nitrogens with zero attached hydrogens (tertiary/aromatic N) is 3. The summed E-state index contributed by atoms with van der Waals surface area (Å²) in [7, 11) is 0. The molecule has 0 radical (unpaired) electrons. The third kappa shape index (κ3) is 4.19. The van der Waals surface area contributed by atoms with Gasteiger partial charge in [0.1, 0.15) is 11.5 Å². The summed E-state index contributed by atoms with van der Waals surface area (Å²) in [5.41, 5.74) is 5.01. The molecule has 2 N–H and O–H groups in total. The molecular weight excluding hydrogens is 397 g/mol. The van der Waals surface area contributed by atoms with Crippen LogP contribution in [0.2, 0.25) is 0 Å². The third-order valence-electron chi connectivity index (χ3n) is 5.67. The normalized spacial score (nSPS) is 15.9. The minimum Gasteiger partial charge on any atom is -0.350 e. The average molecular weight is 421 g/mol. The van der Waals surface area contributed by atoms with Gasteiger partial charge < -0.3 is 15.2 Å². The predicted molar refractivity (Wildman–Crippen MR) is 115 cm³/mol. The first-order valence-electron chi connectivity index (χ1n) is 10.2. The summed E-state index contributed by atoms with van der Waals surface area (Å²) in [4.78, 5) is 30.4. The number of hydrogen-bond donors (Lipinski definition) is 2. The standard InChI is InChI=1S/C23H24FN5O2/c1-13-10-17(4-5-18(13)24)26-22(30)16-8-9-29(12-16)23(31)20-7-6-19(27-20)21-14(2)11-25-28-15(21)3/h4-7,10-11,16,27H,8-9,12H2,1-3H3,(H,26,30). The van der Waals surface area contributed by atoms with Crippen LogP contribution in [0.25, 0.3) is 11.3 Å². The lowest BCUT2D eigenvalue weighted by Gasteiger charge is -2.16. The molecular formula is C23H24FN5O2. The van der Waals surface area contributed by atoms with Crippen molar-refractivity contribution in [3.05, 3.63) is 64.9 Å². The maximum absolute atomic E-state index is 13.4. The maximum Gasteiger partial charge on any atom is 0.270 e. The molecule has 0 saturated carbocycles. The number of halogens is 1. The molecule has 2 aromatic heterocycles. The SMILES string of the molecule is Cc1cc(NC(=O)C2CCN(C(=O)c3ccc(-c4c(C)cnnc4C)[nH]3)C2)ccc1F. The number of benzene rings is 1. The number of hydrogen-bond acceptors (Lipinski definition) is 4. The minimum absolute atomic E-state index is 0.142. The lowest BCUT2D eigenvalue weighted by molar-refractivity contribution is -0.119. The van der Waals surface area contributed by atoms with E-state index in [1.165, 1.54) is 12.1 Å². The van der Waals surface area contributed by atoms with Crippen LogP contribution in [0.5, 0.6) is 0 Å². The second-order valence-electron chi connectivity index (χ2n) is 7.96. The summed E-state index contributed by atoms with van der Waals surface area (Å²) in [5.74, 6) is -0.925. The molecule has 160 valence electrons. The molecule has 1 saturated heterocycles. The number of amides is 2. The number of carbonyl (C=O) groups is 2. The minimum atomic E-state index is -0.311. The molecule has 3 aromatic rings. The number of anilines is 1. The number of H-pyrrole nitrogens is 1. The number of carbonyl (C=O) groups excluding carboxylic acids is 2. The molecule has 8 heteroatoms. The van der Waals surface area contributed by atoms with E-state index in [0.29, 0.717) is 36.5 Å². The average Bonchev–Trinajstić information content (AvgIpc) is 3.40. The lowest BCUT2D eigenvalue weighted by atomic mass is 10.1. The van der Waals surface area contributed by atoms with Crippen molar-refractivity contribution in [3.8, 4) is 11.3 Å². The van der Waals surface area contributed by atoms with Gasteiger partial charge in [-0.15, -0.1) is 0 Å². The zero-order valence-corrected chi connectivity index (χ0v) is 17.7. The Morgan fingerprint density at radius 2 is 1.97 bits per heavy atom. The van der Waals surface area contributed by atoms with Crippen LogP contribution in [0.3, 0.4) is 0 Å². The molecule has 1 aliphatic heterocycles. The van der Waals surface area contributed by atoms with Crippen molar-refractivity contribution in [1.29, 1.82) is 0 Å². The van der Waals surface area contributed by atoms with Crippen molar-refractivity contribution in [2.24, 2.45) is 5.92 Å². The van der Waals surface area contributed by atoms with E-state index in [0.717, 1.165) is 22.5 Å². The molecule has 0 aliphatic carbocycles. The van der Waals surface area contributed by atoms with E-state index in [1.807, 2.05) is 19.9 Å². The van der Waals surface area contributed by atoms with Gasteiger partial charge in [0.15, 0.2) is 0 Å². The topological polar surface area (TPSA) is 91.0 Å². The molecule has 0 spiro atoms. The van der Waals surface area contributed by atoms with E-state index < -0.39 is 0 Å². The first-order chi connectivity index (χ1) is 14.8. The molecule has 0 bridgehead atoms. The first-order valence-corrected chi connectivity index (χ1v) is 10.2. The molecule has 1 aliphatic rings. The molecule has 2 amide bonds. The highest BCUT2D eigenvalue weighted by Crippen LogP contribution is 2.26. The van der Waals surface area contributed by atoms with E-state index in [9.17, 15) is 14.0 Å². The quantitative estimate of drug-likeness (QED) is 0.673. The summed E-state index contributed by atoms with van der Waals surface area (Å²) in [5, 5.41) is 10.9. The van der Waals surface area contributed by atoms with Crippen molar-refractivity contribution in [3.63, 3.8) is 0 Å². The Labute approximate surface area is 179 Å². The fourth-order valence-corrected chi connectivity index (χ4v) is 3.97. The Hall–Kier alpha value is -3.55. The van der Waals surface area contributed by atoms with Crippen molar-refractivity contribution >= 4 is 17.5 Å². The number of likely N-dealkylation sites (tertiary alicyclic amines) is 1.